The molecule has 7 heteroatoms. The molecule has 2 atom stereocenters. The van der Waals surface area contributed by atoms with Crippen molar-refractivity contribution in [3.05, 3.63) is 35.6 Å². The van der Waals surface area contributed by atoms with E-state index >= 15 is 0 Å². The number of amides is 1. The average Bonchev–Trinajstić information content (AvgIpc) is 2.84. The smallest absolute Gasteiger partial charge is 0.411 e. The van der Waals surface area contributed by atoms with Gasteiger partial charge in [0.05, 0.1) is 6.54 Å². The van der Waals surface area contributed by atoms with Gasteiger partial charge in [0.2, 0.25) is 0 Å². The van der Waals surface area contributed by atoms with E-state index in [9.17, 15) is 19.1 Å². The molecule has 150 valence electrons. The average molecular weight is 381 g/mol. The first-order valence-electron chi connectivity index (χ1n) is 8.91. The van der Waals surface area contributed by atoms with Crippen molar-refractivity contribution >= 4 is 12.1 Å². The summed E-state index contributed by atoms with van der Waals surface area (Å²) >= 11 is 0. The van der Waals surface area contributed by atoms with Crippen LogP contribution in [0.15, 0.2) is 24.3 Å². The van der Waals surface area contributed by atoms with Gasteiger partial charge in [0.25, 0.3) is 0 Å². The van der Waals surface area contributed by atoms with Gasteiger partial charge in [-0.2, -0.15) is 0 Å². The van der Waals surface area contributed by atoms with Gasteiger partial charge >= 0.3 is 12.1 Å². The second-order valence-electron chi connectivity index (χ2n) is 8.90. The first-order valence-corrected chi connectivity index (χ1v) is 8.91. The summed E-state index contributed by atoms with van der Waals surface area (Å²) in [4.78, 5) is 26.5. The lowest BCUT2D eigenvalue weighted by Crippen LogP contribution is -2.45. The molecule has 0 spiro atoms. The summed E-state index contributed by atoms with van der Waals surface area (Å²) in [6.07, 6.45) is -0.774. The molecule has 1 aliphatic heterocycles. The van der Waals surface area contributed by atoms with Crippen LogP contribution in [0.25, 0.3) is 0 Å². The molecule has 0 aliphatic carbocycles. The molecule has 1 N–H and O–H groups in total. The molecule has 2 rings (SSSR count). The van der Waals surface area contributed by atoms with Crippen molar-refractivity contribution in [3.63, 3.8) is 0 Å². The number of likely N-dealkylation sites (tertiary alicyclic amines) is 1. The number of nitrogens with zero attached hydrogens (tertiary/aromatic N) is 1. The molecule has 27 heavy (non-hydrogen) atoms. The first-order chi connectivity index (χ1) is 12.2. The minimum absolute atomic E-state index is 0.0627. The van der Waals surface area contributed by atoms with Crippen molar-refractivity contribution in [1.29, 1.82) is 0 Å². The molecule has 0 radical (unpaired) electrons. The van der Waals surface area contributed by atoms with Crippen LogP contribution >= 0.6 is 0 Å². The first kappa shape index (κ1) is 21.2. The molecule has 0 unspecified atom stereocenters. The Labute approximate surface area is 159 Å². The molecule has 1 aromatic rings. The number of aliphatic hydroxyl groups is 1. The molecule has 1 aliphatic rings. The molecule has 1 saturated heterocycles. The normalized spacial score (nSPS) is 23.3. The number of esters is 1. The molecule has 0 bridgehead atoms. The quantitative estimate of drug-likeness (QED) is 0.795. The molecule has 1 fully saturated rings. The van der Waals surface area contributed by atoms with E-state index in [1.807, 2.05) is 0 Å². The molecule has 1 aromatic carbocycles. The third-order valence-electron chi connectivity index (χ3n) is 4.03. The van der Waals surface area contributed by atoms with E-state index in [0.29, 0.717) is 5.56 Å². The number of hydrogen-bond acceptors (Lipinski definition) is 5. The fraction of sp³-hybridized carbons (Fsp3) is 0.600. The second-order valence-corrected chi connectivity index (χ2v) is 8.90. The van der Waals surface area contributed by atoms with Crippen LogP contribution in [0.3, 0.4) is 0 Å². The summed E-state index contributed by atoms with van der Waals surface area (Å²) in [7, 11) is 0. The van der Waals surface area contributed by atoms with Crippen molar-refractivity contribution in [3.8, 4) is 0 Å². The summed E-state index contributed by atoms with van der Waals surface area (Å²) in [6.45, 7) is 10.2. The standard InChI is InChI=1S/C20H28FNO5/c1-18(2,3)26-16(23)15-11-20(25,13-7-9-14(21)10-8-13)12-22(15)17(24)27-19(4,5)6/h7-10,15,25H,11-12H2,1-6H3/t15-,20-/m0/s1. The summed E-state index contributed by atoms with van der Waals surface area (Å²) in [5.41, 5.74) is -2.59. The van der Waals surface area contributed by atoms with Gasteiger partial charge < -0.3 is 14.6 Å². The lowest BCUT2D eigenvalue weighted by Gasteiger charge is -2.29. The van der Waals surface area contributed by atoms with Gasteiger partial charge in [0.15, 0.2) is 0 Å². The minimum atomic E-state index is -1.51. The molecule has 0 saturated carbocycles. The number of benzene rings is 1. The summed E-state index contributed by atoms with van der Waals surface area (Å²) in [5, 5.41) is 11.1. The van der Waals surface area contributed by atoms with E-state index in [-0.39, 0.29) is 13.0 Å². The van der Waals surface area contributed by atoms with Crippen molar-refractivity contribution in [2.75, 3.05) is 6.54 Å². The molecule has 1 heterocycles. The number of hydrogen-bond donors (Lipinski definition) is 1. The molecule has 1 amide bonds. The van der Waals surface area contributed by atoms with Crippen LogP contribution in [-0.4, -0.2) is 45.9 Å². The maximum absolute atomic E-state index is 13.2. The van der Waals surface area contributed by atoms with Crippen molar-refractivity contribution in [1.82, 2.24) is 4.90 Å². The Morgan fingerprint density at radius 1 is 1.07 bits per heavy atom. The number of rotatable bonds is 2. The number of carbonyl (C=O) groups excluding carboxylic acids is 2. The van der Waals surface area contributed by atoms with Crippen molar-refractivity contribution in [2.45, 2.75) is 70.8 Å². The third-order valence-corrected chi connectivity index (χ3v) is 4.03. The highest BCUT2D eigenvalue weighted by atomic mass is 19.1. The zero-order valence-corrected chi connectivity index (χ0v) is 16.7. The van der Waals surface area contributed by atoms with Crippen LogP contribution in [0, 0.1) is 5.82 Å². The maximum atomic E-state index is 13.2. The van der Waals surface area contributed by atoms with Crippen LogP contribution in [0.4, 0.5) is 9.18 Å². The van der Waals surface area contributed by atoms with Gasteiger partial charge in [0.1, 0.15) is 28.7 Å². The van der Waals surface area contributed by atoms with Gasteiger partial charge in [-0.25, -0.2) is 14.0 Å². The Morgan fingerprint density at radius 3 is 2.07 bits per heavy atom. The van der Waals surface area contributed by atoms with Crippen LogP contribution in [0.2, 0.25) is 0 Å². The highest BCUT2D eigenvalue weighted by Gasteiger charge is 2.51. The zero-order chi connectivity index (χ0) is 20.6. The van der Waals surface area contributed by atoms with E-state index in [4.69, 9.17) is 9.47 Å². The second kappa shape index (κ2) is 7.11. The fourth-order valence-corrected chi connectivity index (χ4v) is 2.95. The minimum Gasteiger partial charge on any atom is -0.458 e. The van der Waals surface area contributed by atoms with E-state index in [1.54, 1.807) is 41.5 Å². The summed E-state index contributed by atoms with van der Waals surface area (Å²) in [5.74, 6) is -1.06. The summed E-state index contributed by atoms with van der Waals surface area (Å²) < 4.78 is 24.0. The van der Waals surface area contributed by atoms with Gasteiger partial charge in [-0.05, 0) is 59.2 Å². The van der Waals surface area contributed by atoms with Crippen LogP contribution < -0.4 is 0 Å². The Balaban J connectivity index is 2.33. The molecular formula is C20H28FNO5. The SMILES string of the molecule is CC(C)(C)OC(=O)[C@@H]1C[C@@](O)(c2ccc(F)cc2)CN1C(=O)OC(C)(C)C. The Kier molecular flexibility index (Phi) is 5.57. The number of ether oxygens (including phenoxy) is 2. The van der Waals surface area contributed by atoms with E-state index < -0.39 is 40.7 Å². The predicted octanol–water partition coefficient (Wildman–Crippen LogP) is 3.36. The Morgan fingerprint density at radius 2 is 1.59 bits per heavy atom. The monoisotopic (exact) mass is 381 g/mol. The number of carbonyl (C=O) groups is 2. The van der Waals surface area contributed by atoms with Gasteiger partial charge in [-0.1, -0.05) is 12.1 Å². The molecule has 0 aromatic heterocycles. The van der Waals surface area contributed by atoms with Gasteiger partial charge in [-0.3, -0.25) is 4.90 Å². The van der Waals surface area contributed by atoms with Crippen molar-refractivity contribution in [2.24, 2.45) is 0 Å². The van der Waals surface area contributed by atoms with E-state index in [0.717, 1.165) is 0 Å². The fourth-order valence-electron chi connectivity index (χ4n) is 2.95. The Hall–Kier alpha value is -2.15. The maximum Gasteiger partial charge on any atom is 0.411 e. The number of β-amino-alcohol motifs (C(OH)–C–C–N with tert-alkyl or cyclic N) is 1. The highest BCUT2D eigenvalue weighted by molar-refractivity contribution is 5.83. The van der Waals surface area contributed by atoms with Crippen LogP contribution in [-0.2, 0) is 19.9 Å². The molecule has 6 nitrogen and oxygen atoms in total. The third kappa shape index (κ3) is 5.42. The summed E-state index contributed by atoms with van der Waals surface area (Å²) in [6, 6.07) is 4.34. The highest BCUT2D eigenvalue weighted by Crippen LogP contribution is 2.37. The number of halogens is 1. The zero-order valence-electron chi connectivity index (χ0n) is 16.7. The van der Waals surface area contributed by atoms with Crippen LogP contribution in [0.5, 0.6) is 0 Å². The largest absolute Gasteiger partial charge is 0.458 e. The van der Waals surface area contributed by atoms with Gasteiger partial charge in [0, 0.05) is 6.42 Å². The van der Waals surface area contributed by atoms with Crippen LogP contribution in [0.1, 0.15) is 53.5 Å². The lowest BCUT2D eigenvalue weighted by molar-refractivity contribution is -0.160. The lowest BCUT2D eigenvalue weighted by atomic mass is 9.91. The van der Waals surface area contributed by atoms with E-state index in [1.165, 1.54) is 29.2 Å². The Bertz CT molecular complexity index is 667. The molecular weight excluding hydrogens is 353 g/mol. The van der Waals surface area contributed by atoms with Crippen molar-refractivity contribution < 1.29 is 28.6 Å². The topological polar surface area (TPSA) is 76.1 Å². The van der Waals surface area contributed by atoms with Gasteiger partial charge in [-0.15, -0.1) is 0 Å². The van der Waals surface area contributed by atoms with E-state index in [2.05, 4.69) is 0 Å². The predicted molar refractivity (Wildman–Crippen MR) is 97.5 cm³/mol.